The number of hydrogen-bond donors (Lipinski definition) is 2. The van der Waals surface area contributed by atoms with Crippen molar-refractivity contribution in [3.8, 4) is 11.3 Å². The van der Waals surface area contributed by atoms with E-state index in [-0.39, 0.29) is 0 Å². The fourth-order valence-electron chi connectivity index (χ4n) is 2.22. The van der Waals surface area contributed by atoms with E-state index in [2.05, 4.69) is 44.0 Å². The molecular formula is C14H20N4. The van der Waals surface area contributed by atoms with E-state index in [1.165, 1.54) is 15.8 Å². The predicted molar refractivity (Wildman–Crippen MR) is 75.7 cm³/mol. The molecule has 0 radical (unpaired) electrons. The maximum Gasteiger partial charge on any atom is 0.150 e. The number of rotatable bonds is 3. The molecule has 0 amide bonds. The third kappa shape index (κ3) is 2.18. The van der Waals surface area contributed by atoms with Crippen molar-refractivity contribution in [2.24, 2.45) is 0 Å². The Labute approximate surface area is 108 Å². The summed E-state index contributed by atoms with van der Waals surface area (Å²) in [7, 11) is 0. The maximum atomic E-state index is 6.04. The van der Waals surface area contributed by atoms with Gasteiger partial charge in [0.15, 0.2) is 5.82 Å². The first-order valence-electron chi connectivity index (χ1n) is 6.23. The zero-order chi connectivity index (χ0) is 13.3. The first-order valence-corrected chi connectivity index (χ1v) is 6.23. The van der Waals surface area contributed by atoms with Crippen LogP contribution in [0.4, 0.5) is 5.82 Å². The Kier molecular flexibility index (Phi) is 3.28. The molecule has 2 rings (SSSR count). The SMILES string of the molecule is CCCc1nc(-c2cc(C)cc(C)c2)c(N)n1N. The molecule has 0 aliphatic heterocycles. The quantitative estimate of drug-likeness (QED) is 0.815. The van der Waals surface area contributed by atoms with Crippen molar-refractivity contribution in [1.29, 1.82) is 0 Å². The molecule has 96 valence electrons. The van der Waals surface area contributed by atoms with Crippen molar-refractivity contribution in [2.45, 2.75) is 33.6 Å². The van der Waals surface area contributed by atoms with Crippen LogP contribution in [0.25, 0.3) is 11.3 Å². The second kappa shape index (κ2) is 4.72. The second-order valence-corrected chi connectivity index (χ2v) is 4.76. The molecular weight excluding hydrogens is 224 g/mol. The lowest BCUT2D eigenvalue weighted by atomic mass is 10.1. The number of nitrogens with zero attached hydrogens (tertiary/aromatic N) is 2. The fourth-order valence-corrected chi connectivity index (χ4v) is 2.22. The van der Waals surface area contributed by atoms with Crippen LogP contribution >= 0.6 is 0 Å². The summed E-state index contributed by atoms with van der Waals surface area (Å²) in [6, 6.07) is 6.30. The zero-order valence-corrected chi connectivity index (χ0v) is 11.2. The van der Waals surface area contributed by atoms with E-state index >= 15 is 0 Å². The van der Waals surface area contributed by atoms with Gasteiger partial charge in [0, 0.05) is 12.0 Å². The zero-order valence-electron chi connectivity index (χ0n) is 11.2. The van der Waals surface area contributed by atoms with Crippen LogP contribution in [0.15, 0.2) is 18.2 Å². The van der Waals surface area contributed by atoms with Gasteiger partial charge in [-0.2, -0.15) is 0 Å². The standard InChI is InChI=1S/C14H20N4/c1-4-5-12-17-13(14(15)18(12)16)11-7-9(2)6-10(3)8-11/h6-8H,4-5,15-16H2,1-3H3. The van der Waals surface area contributed by atoms with Gasteiger partial charge in [0.25, 0.3) is 0 Å². The molecule has 0 fully saturated rings. The Morgan fingerprint density at radius 2 is 1.78 bits per heavy atom. The first-order chi connectivity index (χ1) is 8.52. The van der Waals surface area contributed by atoms with E-state index in [0.29, 0.717) is 5.82 Å². The summed E-state index contributed by atoms with van der Waals surface area (Å²) in [6.07, 6.45) is 1.84. The van der Waals surface area contributed by atoms with Crippen molar-refractivity contribution >= 4 is 5.82 Å². The Balaban J connectivity index is 2.53. The van der Waals surface area contributed by atoms with Gasteiger partial charge in [-0.15, -0.1) is 0 Å². The van der Waals surface area contributed by atoms with Crippen molar-refractivity contribution in [1.82, 2.24) is 9.66 Å². The van der Waals surface area contributed by atoms with Crippen LogP contribution in [0, 0.1) is 13.8 Å². The molecule has 0 atom stereocenters. The molecule has 0 saturated carbocycles. The lowest BCUT2D eigenvalue weighted by Gasteiger charge is -2.03. The minimum absolute atomic E-state index is 0.531. The smallest absolute Gasteiger partial charge is 0.150 e. The minimum atomic E-state index is 0.531. The number of benzene rings is 1. The monoisotopic (exact) mass is 244 g/mol. The van der Waals surface area contributed by atoms with Crippen LogP contribution in [0.5, 0.6) is 0 Å². The van der Waals surface area contributed by atoms with E-state index in [4.69, 9.17) is 11.6 Å². The van der Waals surface area contributed by atoms with Crippen LogP contribution in [-0.4, -0.2) is 9.66 Å². The molecule has 18 heavy (non-hydrogen) atoms. The minimum Gasteiger partial charge on any atom is -0.382 e. The molecule has 0 bridgehead atoms. The van der Waals surface area contributed by atoms with Crippen molar-refractivity contribution in [3.05, 3.63) is 35.2 Å². The second-order valence-electron chi connectivity index (χ2n) is 4.76. The Bertz CT molecular complexity index is 549. The third-order valence-corrected chi connectivity index (χ3v) is 2.99. The highest BCUT2D eigenvalue weighted by Crippen LogP contribution is 2.27. The molecule has 4 N–H and O–H groups in total. The lowest BCUT2D eigenvalue weighted by molar-refractivity contribution is 0.794. The van der Waals surface area contributed by atoms with Gasteiger partial charge in [-0.25, -0.2) is 9.66 Å². The summed E-state index contributed by atoms with van der Waals surface area (Å²) >= 11 is 0. The van der Waals surface area contributed by atoms with Crippen molar-refractivity contribution in [3.63, 3.8) is 0 Å². The summed E-state index contributed by atoms with van der Waals surface area (Å²) in [4.78, 5) is 4.56. The van der Waals surface area contributed by atoms with Gasteiger partial charge in [-0.1, -0.05) is 24.1 Å². The van der Waals surface area contributed by atoms with E-state index < -0.39 is 0 Å². The number of nitrogens with two attached hydrogens (primary N) is 2. The largest absolute Gasteiger partial charge is 0.382 e. The van der Waals surface area contributed by atoms with Gasteiger partial charge in [0.2, 0.25) is 0 Å². The average molecular weight is 244 g/mol. The number of aromatic nitrogens is 2. The van der Waals surface area contributed by atoms with Gasteiger partial charge < -0.3 is 11.6 Å². The number of anilines is 1. The lowest BCUT2D eigenvalue weighted by Crippen LogP contribution is -2.15. The van der Waals surface area contributed by atoms with Gasteiger partial charge >= 0.3 is 0 Å². The van der Waals surface area contributed by atoms with E-state index in [0.717, 1.165) is 29.9 Å². The van der Waals surface area contributed by atoms with Crippen LogP contribution in [0.3, 0.4) is 0 Å². The topological polar surface area (TPSA) is 69.9 Å². The molecule has 0 saturated heterocycles. The van der Waals surface area contributed by atoms with Crippen molar-refractivity contribution in [2.75, 3.05) is 11.6 Å². The Morgan fingerprint density at radius 1 is 1.17 bits per heavy atom. The molecule has 1 aromatic carbocycles. The number of aryl methyl sites for hydroxylation is 3. The molecule has 1 heterocycles. The van der Waals surface area contributed by atoms with E-state index in [9.17, 15) is 0 Å². The van der Waals surface area contributed by atoms with Gasteiger partial charge in [-0.3, -0.25) is 0 Å². The molecule has 1 aromatic heterocycles. The average Bonchev–Trinajstić information content (AvgIpc) is 2.57. The van der Waals surface area contributed by atoms with Crippen LogP contribution < -0.4 is 11.6 Å². The van der Waals surface area contributed by atoms with E-state index in [1.54, 1.807) is 0 Å². The third-order valence-electron chi connectivity index (χ3n) is 2.99. The number of imidazole rings is 1. The van der Waals surface area contributed by atoms with Crippen LogP contribution in [-0.2, 0) is 6.42 Å². The fraction of sp³-hybridized carbons (Fsp3) is 0.357. The highest BCUT2D eigenvalue weighted by Gasteiger charge is 2.14. The summed E-state index contributed by atoms with van der Waals surface area (Å²) < 4.78 is 1.50. The highest BCUT2D eigenvalue weighted by atomic mass is 15.4. The van der Waals surface area contributed by atoms with Gasteiger partial charge in [0.1, 0.15) is 11.5 Å². The van der Waals surface area contributed by atoms with Gasteiger partial charge in [0.05, 0.1) is 0 Å². The molecule has 0 spiro atoms. The normalized spacial score (nSPS) is 10.8. The maximum absolute atomic E-state index is 6.04. The molecule has 0 aliphatic rings. The van der Waals surface area contributed by atoms with Crippen LogP contribution in [0.1, 0.15) is 30.3 Å². The van der Waals surface area contributed by atoms with Crippen LogP contribution in [0.2, 0.25) is 0 Å². The molecule has 0 unspecified atom stereocenters. The highest BCUT2D eigenvalue weighted by molar-refractivity contribution is 5.72. The number of hydrogen-bond acceptors (Lipinski definition) is 3. The molecule has 2 aromatic rings. The van der Waals surface area contributed by atoms with Crippen molar-refractivity contribution < 1.29 is 0 Å². The predicted octanol–water partition coefficient (Wildman–Crippen LogP) is 2.42. The first kappa shape index (κ1) is 12.5. The summed E-state index contributed by atoms with van der Waals surface area (Å²) in [5.41, 5.74) is 10.3. The Morgan fingerprint density at radius 3 is 2.33 bits per heavy atom. The molecule has 4 nitrogen and oxygen atoms in total. The number of nitrogen functional groups attached to an aromatic ring is 2. The summed E-state index contributed by atoms with van der Waals surface area (Å²) in [6.45, 7) is 6.24. The molecule has 0 aliphatic carbocycles. The van der Waals surface area contributed by atoms with E-state index in [1.807, 2.05) is 0 Å². The summed E-state index contributed by atoms with van der Waals surface area (Å²) in [5.74, 6) is 7.30. The summed E-state index contributed by atoms with van der Waals surface area (Å²) in [5, 5.41) is 0. The van der Waals surface area contributed by atoms with Gasteiger partial charge in [-0.05, 0) is 32.4 Å². The Hall–Kier alpha value is -1.97. The molecule has 4 heteroatoms.